The van der Waals surface area contributed by atoms with E-state index in [4.69, 9.17) is 0 Å². The van der Waals surface area contributed by atoms with Crippen LogP contribution in [0.2, 0.25) is 0 Å². The van der Waals surface area contributed by atoms with Gasteiger partial charge in [-0.25, -0.2) is 0 Å². The molecule has 0 spiro atoms. The van der Waals surface area contributed by atoms with Crippen LogP contribution in [0.5, 0.6) is 0 Å². The Hall–Kier alpha value is -1.06. The van der Waals surface area contributed by atoms with E-state index in [1.165, 1.54) is 19.3 Å². The first-order chi connectivity index (χ1) is 11.0. The molecule has 5 aliphatic carbocycles. The quantitative estimate of drug-likeness (QED) is 0.822. The van der Waals surface area contributed by atoms with Crippen molar-refractivity contribution in [3.05, 3.63) is 0 Å². The number of rotatable bonds is 2. The van der Waals surface area contributed by atoms with E-state index in [2.05, 4.69) is 17.6 Å². The van der Waals surface area contributed by atoms with Gasteiger partial charge in [-0.2, -0.15) is 0 Å². The number of fused-ring (bicyclic) bond motifs is 3. The Morgan fingerprint density at radius 1 is 1.09 bits per heavy atom. The fraction of sp³-hybridized carbons (Fsp3) is 0.895. The van der Waals surface area contributed by atoms with Gasteiger partial charge in [0.15, 0.2) is 0 Å². The summed E-state index contributed by atoms with van der Waals surface area (Å²) < 4.78 is 0. The van der Waals surface area contributed by atoms with E-state index in [9.17, 15) is 9.59 Å². The minimum Gasteiger partial charge on any atom is -0.351 e. The highest BCUT2D eigenvalue weighted by atomic mass is 16.2. The molecule has 0 aromatic rings. The van der Waals surface area contributed by atoms with Crippen molar-refractivity contribution in [1.82, 2.24) is 10.6 Å². The molecule has 2 N–H and O–H groups in total. The lowest BCUT2D eigenvalue weighted by Crippen LogP contribution is -2.71. The lowest BCUT2D eigenvalue weighted by atomic mass is 9.49. The Balaban J connectivity index is 1.40. The Morgan fingerprint density at radius 2 is 1.70 bits per heavy atom. The van der Waals surface area contributed by atoms with Gasteiger partial charge in [0.25, 0.3) is 0 Å². The van der Waals surface area contributed by atoms with Crippen LogP contribution in [-0.4, -0.2) is 23.4 Å². The summed E-state index contributed by atoms with van der Waals surface area (Å²) in [5.74, 6) is 3.04. The van der Waals surface area contributed by atoms with Crippen molar-refractivity contribution in [3.8, 4) is 0 Å². The van der Waals surface area contributed by atoms with Gasteiger partial charge in [-0.15, -0.1) is 0 Å². The molecule has 7 fully saturated rings. The maximum absolute atomic E-state index is 13.3. The van der Waals surface area contributed by atoms with Gasteiger partial charge in [0.1, 0.15) is 5.54 Å². The summed E-state index contributed by atoms with van der Waals surface area (Å²) in [7, 11) is 0. The van der Waals surface area contributed by atoms with Crippen LogP contribution in [0.15, 0.2) is 0 Å². The molecule has 2 aliphatic heterocycles. The molecule has 2 amide bonds. The normalized spacial score (nSPS) is 53.3. The van der Waals surface area contributed by atoms with Gasteiger partial charge < -0.3 is 10.6 Å². The van der Waals surface area contributed by atoms with Gasteiger partial charge in [0.2, 0.25) is 11.8 Å². The highest BCUT2D eigenvalue weighted by Gasteiger charge is 2.58. The maximum Gasteiger partial charge on any atom is 0.245 e. The Morgan fingerprint density at radius 3 is 2.22 bits per heavy atom. The molecule has 7 rings (SSSR count). The van der Waals surface area contributed by atoms with Crippen molar-refractivity contribution in [2.24, 2.45) is 29.1 Å². The van der Waals surface area contributed by atoms with Gasteiger partial charge in [0.05, 0.1) is 0 Å². The molecule has 23 heavy (non-hydrogen) atoms. The fourth-order valence-corrected chi connectivity index (χ4v) is 7.12. The van der Waals surface area contributed by atoms with Gasteiger partial charge in [0, 0.05) is 11.5 Å². The van der Waals surface area contributed by atoms with Crippen molar-refractivity contribution in [2.75, 3.05) is 0 Å². The standard InChI is InChI=1S/C19H28N2O2/c1-11-7-19(3-2-15(11)20-17(19)23)21-16(22)18-8-12-4-13(9-18)6-14(5-12)10-18/h11-15H,2-10H2,1H3,(H,20,23)(H,21,22). The number of carbonyl (C=O) groups is 2. The van der Waals surface area contributed by atoms with E-state index < -0.39 is 5.54 Å². The zero-order valence-electron chi connectivity index (χ0n) is 14.1. The SMILES string of the molecule is CC1CC2(NC(=O)C34CC5CC(CC(C5)C3)C4)CCC1NC2=O. The Kier molecular flexibility index (Phi) is 2.81. The second kappa shape index (κ2) is 4.52. The molecule has 2 saturated heterocycles. The lowest BCUT2D eigenvalue weighted by molar-refractivity contribution is -0.154. The van der Waals surface area contributed by atoms with E-state index in [1.807, 2.05) is 0 Å². The molecule has 6 bridgehead atoms. The molecule has 4 nitrogen and oxygen atoms in total. The molecule has 7 aliphatic rings. The Labute approximate surface area is 138 Å². The predicted molar refractivity (Wildman–Crippen MR) is 86.4 cm³/mol. The molecule has 3 unspecified atom stereocenters. The molecule has 126 valence electrons. The van der Waals surface area contributed by atoms with Crippen LogP contribution in [0.3, 0.4) is 0 Å². The first-order valence-electron chi connectivity index (χ1n) is 9.62. The van der Waals surface area contributed by atoms with E-state index in [-0.39, 0.29) is 17.2 Å². The molecule has 4 heteroatoms. The third kappa shape index (κ3) is 1.96. The summed E-state index contributed by atoms with van der Waals surface area (Å²) >= 11 is 0. The van der Waals surface area contributed by atoms with E-state index in [0.29, 0.717) is 12.0 Å². The molecule has 0 aromatic carbocycles. The van der Waals surface area contributed by atoms with E-state index >= 15 is 0 Å². The van der Waals surface area contributed by atoms with Gasteiger partial charge >= 0.3 is 0 Å². The number of amides is 2. The van der Waals surface area contributed by atoms with Crippen molar-refractivity contribution in [1.29, 1.82) is 0 Å². The van der Waals surface area contributed by atoms with Gasteiger partial charge in [-0.3, -0.25) is 9.59 Å². The molecular weight excluding hydrogens is 288 g/mol. The molecule has 5 saturated carbocycles. The summed E-state index contributed by atoms with van der Waals surface area (Å²) in [5.41, 5.74) is -0.768. The monoisotopic (exact) mass is 316 g/mol. The van der Waals surface area contributed by atoms with E-state index in [0.717, 1.165) is 56.3 Å². The summed E-state index contributed by atoms with van der Waals surface area (Å²) in [6.45, 7) is 2.20. The van der Waals surface area contributed by atoms with E-state index in [1.54, 1.807) is 0 Å². The van der Waals surface area contributed by atoms with Crippen LogP contribution < -0.4 is 10.6 Å². The molecular formula is C19H28N2O2. The third-order valence-electron chi connectivity index (χ3n) is 7.86. The second-order valence-electron chi connectivity index (χ2n) is 9.53. The van der Waals surface area contributed by atoms with Crippen LogP contribution in [0, 0.1) is 29.1 Å². The number of nitrogens with one attached hydrogen (secondary N) is 2. The summed E-state index contributed by atoms with van der Waals surface area (Å²) in [4.78, 5) is 25.9. The lowest BCUT2D eigenvalue weighted by Gasteiger charge is -2.57. The van der Waals surface area contributed by atoms with Crippen LogP contribution >= 0.6 is 0 Å². The van der Waals surface area contributed by atoms with Gasteiger partial charge in [-0.1, -0.05) is 6.92 Å². The summed E-state index contributed by atoms with van der Waals surface area (Å²) in [6, 6.07) is 0.320. The average Bonchev–Trinajstić information content (AvgIpc) is 2.47. The smallest absolute Gasteiger partial charge is 0.245 e. The second-order valence-corrected chi connectivity index (χ2v) is 9.53. The minimum atomic E-state index is -0.616. The summed E-state index contributed by atoms with van der Waals surface area (Å²) in [6.07, 6.45) is 9.90. The van der Waals surface area contributed by atoms with Crippen LogP contribution in [-0.2, 0) is 9.59 Å². The molecule has 0 radical (unpaired) electrons. The first kappa shape index (κ1) is 14.3. The average molecular weight is 316 g/mol. The van der Waals surface area contributed by atoms with Crippen LogP contribution in [0.4, 0.5) is 0 Å². The predicted octanol–water partition coefficient (Wildman–Crippen LogP) is 2.38. The number of hydrogen-bond acceptors (Lipinski definition) is 2. The number of hydrogen-bond donors (Lipinski definition) is 2. The van der Waals surface area contributed by atoms with Crippen molar-refractivity contribution in [2.45, 2.75) is 76.3 Å². The zero-order valence-corrected chi connectivity index (χ0v) is 14.1. The van der Waals surface area contributed by atoms with Crippen LogP contribution in [0.25, 0.3) is 0 Å². The topological polar surface area (TPSA) is 58.2 Å². The zero-order chi connectivity index (χ0) is 15.8. The fourth-order valence-electron chi connectivity index (χ4n) is 7.12. The molecule has 3 atom stereocenters. The third-order valence-corrected chi connectivity index (χ3v) is 7.86. The van der Waals surface area contributed by atoms with Crippen molar-refractivity contribution >= 4 is 11.8 Å². The van der Waals surface area contributed by atoms with Gasteiger partial charge in [-0.05, 0) is 81.5 Å². The molecule has 0 aromatic heterocycles. The largest absolute Gasteiger partial charge is 0.351 e. The van der Waals surface area contributed by atoms with Crippen molar-refractivity contribution < 1.29 is 9.59 Å². The van der Waals surface area contributed by atoms with Crippen LogP contribution in [0.1, 0.15) is 64.7 Å². The highest BCUT2D eigenvalue weighted by Crippen LogP contribution is 2.60. The Bertz CT molecular complexity index is 536. The summed E-state index contributed by atoms with van der Waals surface area (Å²) in [5, 5.41) is 6.44. The maximum atomic E-state index is 13.3. The number of carbonyl (C=O) groups excluding carboxylic acids is 2. The molecule has 2 heterocycles. The highest BCUT2D eigenvalue weighted by molar-refractivity contribution is 5.94. The first-order valence-corrected chi connectivity index (χ1v) is 9.62. The number of piperidine rings is 2. The minimum absolute atomic E-state index is 0.0740. The van der Waals surface area contributed by atoms with Crippen molar-refractivity contribution in [3.63, 3.8) is 0 Å².